The highest BCUT2D eigenvalue weighted by atomic mass is 16.2. The fourth-order valence-electron chi connectivity index (χ4n) is 3.91. The minimum absolute atomic E-state index is 0.0301. The molecule has 1 fully saturated rings. The largest absolute Gasteiger partial charge is 0.341 e. The Morgan fingerprint density at radius 3 is 2.59 bits per heavy atom. The molecule has 2 aromatic heterocycles. The Kier molecular flexibility index (Phi) is 5.33. The molecule has 1 N–H and O–H groups in total. The maximum atomic E-state index is 13.2. The van der Waals surface area contributed by atoms with Crippen molar-refractivity contribution in [3.63, 3.8) is 0 Å². The van der Waals surface area contributed by atoms with E-state index in [0.29, 0.717) is 28.7 Å². The number of H-pyrrole nitrogens is 1. The predicted molar refractivity (Wildman–Crippen MR) is 110 cm³/mol. The maximum Gasteiger partial charge on any atom is 0.259 e. The fourth-order valence-corrected chi connectivity index (χ4v) is 3.91. The van der Waals surface area contributed by atoms with Crippen molar-refractivity contribution in [2.75, 3.05) is 26.2 Å². The van der Waals surface area contributed by atoms with E-state index in [0.717, 1.165) is 38.8 Å². The van der Waals surface area contributed by atoms with Crippen molar-refractivity contribution in [3.8, 4) is 0 Å². The van der Waals surface area contributed by atoms with Gasteiger partial charge in [-0.15, -0.1) is 0 Å². The average Bonchev–Trinajstić information content (AvgIpc) is 2.96. The van der Waals surface area contributed by atoms with Gasteiger partial charge in [0, 0.05) is 19.6 Å². The molecule has 0 spiro atoms. The molecule has 4 rings (SSSR count). The molecule has 1 aliphatic heterocycles. The summed E-state index contributed by atoms with van der Waals surface area (Å²) in [5.41, 5.74) is 0.998. The van der Waals surface area contributed by atoms with Gasteiger partial charge in [-0.2, -0.15) is 5.10 Å². The number of likely N-dealkylation sites (N-methyl/N-ethyl adjacent to an activating group) is 1. The first-order valence-corrected chi connectivity index (χ1v) is 10.2. The van der Waals surface area contributed by atoms with Crippen LogP contribution in [0.4, 0.5) is 0 Å². The molecule has 1 aliphatic rings. The second-order valence-electron chi connectivity index (χ2n) is 7.40. The number of aromatic nitrogens is 3. The molecule has 1 aromatic carbocycles. The number of para-hydroxylation sites is 1. The van der Waals surface area contributed by atoms with Crippen molar-refractivity contribution in [1.82, 2.24) is 24.4 Å². The molecule has 8 nitrogen and oxygen atoms in total. The predicted octanol–water partition coefficient (Wildman–Crippen LogP) is 2.04. The van der Waals surface area contributed by atoms with Crippen LogP contribution in [0.2, 0.25) is 0 Å². The van der Waals surface area contributed by atoms with Gasteiger partial charge in [0.25, 0.3) is 11.5 Å². The fraction of sp³-hybridized carbons (Fsp3) is 0.429. The summed E-state index contributed by atoms with van der Waals surface area (Å²) < 4.78 is 1.56. The Morgan fingerprint density at radius 2 is 1.86 bits per heavy atom. The Morgan fingerprint density at radius 1 is 1.14 bits per heavy atom. The van der Waals surface area contributed by atoms with E-state index in [-0.39, 0.29) is 23.9 Å². The number of amides is 2. The smallest absolute Gasteiger partial charge is 0.259 e. The number of fused-ring (bicyclic) bond motifs is 3. The number of aromatic amines is 1. The lowest BCUT2D eigenvalue weighted by Crippen LogP contribution is -2.43. The molecule has 1 saturated heterocycles. The Balaban J connectivity index is 1.63. The lowest BCUT2D eigenvalue weighted by molar-refractivity contribution is -0.131. The third kappa shape index (κ3) is 3.62. The van der Waals surface area contributed by atoms with Gasteiger partial charge in [-0.25, -0.2) is 4.52 Å². The van der Waals surface area contributed by atoms with Gasteiger partial charge in [0.2, 0.25) is 5.91 Å². The molecule has 0 aliphatic carbocycles. The Hall–Kier alpha value is -3.16. The summed E-state index contributed by atoms with van der Waals surface area (Å²) in [5.74, 6) is -0.339. The number of rotatable bonds is 4. The van der Waals surface area contributed by atoms with E-state index < -0.39 is 0 Å². The number of benzene rings is 1. The van der Waals surface area contributed by atoms with Crippen LogP contribution in [0.25, 0.3) is 16.6 Å². The average molecular weight is 395 g/mol. The highest BCUT2D eigenvalue weighted by Crippen LogP contribution is 2.16. The van der Waals surface area contributed by atoms with E-state index in [1.165, 1.54) is 11.1 Å². The maximum absolute atomic E-state index is 13.2. The van der Waals surface area contributed by atoms with Gasteiger partial charge in [0.15, 0.2) is 0 Å². The van der Waals surface area contributed by atoms with Crippen LogP contribution in [0.3, 0.4) is 0 Å². The number of hydrogen-bond acceptors (Lipinski definition) is 4. The van der Waals surface area contributed by atoms with Crippen LogP contribution in [-0.4, -0.2) is 62.4 Å². The molecule has 0 unspecified atom stereocenters. The van der Waals surface area contributed by atoms with Crippen LogP contribution in [-0.2, 0) is 4.79 Å². The summed E-state index contributed by atoms with van der Waals surface area (Å²) in [4.78, 5) is 44.5. The third-order valence-corrected chi connectivity index (χ3v) is 5.56. The van der Waals surface area contributed by atoms with Crippen molar-refractivity contribution >= 4 is 28.4 Å². The highest BCUT2D eigenvalue weighted by Gasteiger charge is 2.25. The summed E-state index contributed by atoms with van der Waals surface area (Å²) in [6, 6.07) is 7.11. The van der Waals surface area contributed by atoms with Gasteiger partial charge in [-0.1, -0.05) is 25.0 Å². The van der Waals surface area contributed by atoms with Crippen molar-refractivity contribution in [1.29, 1.82) is 0 Å². The third-order valence-electron chi connectivity index (χ3n) is 5.56. The van der Waals surface area contributed by atoms with Crippen LogP contribution in [0.15, 0.2) is 35.3 Å². The van der Waals surface area contributed by atoms with E-state index in [9.17, 15) is 14.4 Å². The molecular weight excluding hydrogens is 370 g/mol. The molecule has 3 aromatic rings. The minimum atomic E-state index is -0.309. The van der Waals surface area contributed by atoms with Gasteiger partial charge in [-0.05, 0) is 31.9 Å². The van der Waals surface area contributed by atoms with E-state index in [2.05, 4.69) is 10.1 Å². The summed E-state index contributed by atoms with van der Waals surface area (Å²) in [5, 5.41) is 4.82. The Bertz CT molecular complexity index is 1110. The van der Waals surface area contributed by atoms with Crippen LogP contribution >= 0.6 is 0 Å². The first-order valence-electron chi connectivity index (χ1n) is 10.2. The number of nitrogens with one attached hydrogen (secondary N) is 1. The lowest BCUT2D eigenvalue weighted by atomic mass is 10.2. The van der Waals surface area contributed by atoms with Crippen molar-refractivity contribution in [3.05, 3.63) is 46.4 Å². The zero-order valence-corrected chi connectivity index (χ0v) is 16.6. The number of carbonyl (C=O) groups is 2. The zero-order chi connectivity index (χ0) is 20.4. The minimum Gasteiger partial charge on any atom is -0.341 e. The second-order valence-corrected chi connectivity index (χ2v) is 7.40. The summed E-state index contributed by atoms with van der Waals surface area (Å²) in [7, 11) is 0. The van der Waals surface area contributed by atoms with Gasteiger partial charge < -0.3 is 14.8 Å². The summed E-state index contributed by atoms with van der Waals surface area (Å²) in [6.45, 7) is 3.77. The molecule has 152 valence electrons. The molecule has 0 atom stereocenters. The molecule has 0 radical (unpaired) electrons. The molecule has 0 saturated carbocycles. The van der Waals surface area contributed by atoms with E-state index in [1.54, 1.807) is 22.7 Å². The summed E-state index contributed by atoms with van der Waals surface area (Å²) >= 11 is 0. The number of hydrogen-bond donors (Lipinski definition) is 1. The second kappa shape index (κ2) is 8.06. The molecule has 8 heteroatoms. The molecule has 29 heavy (non-hydrogen) atoms. The first kappa shape index (κ1) is 19.2. The van der Waals surface area contributed by atoms with Crippen LogP contribution < -0.4 is 5.56 Å². The van der Waals surface area contributed by atoms with Gasteiger partial charge in [0.1, 0.15) is 17.8 Å². The van der Waals surface area contributed by atoms with Gasteiger partial charge in [-0.3, -0.25) is 14.4 Å². The van der Waals surface area contributed by atoms with Gasteiger partial charge in [0.05, 0.1) is 17.1 Å². The normalized spacial score (nSPS) is 14.9. The van der Waals surface area contributed by atoms with Crippen molar-refractivity contribution < 1.29 is 9.59 Å². The number of nitrogens with zero attached hydrogens (tertiary/aromatic N) is 4. The van der Waals surface area contributed by atoms with Crippen LogP contribution in [0.1, 0.15) is 43.0 Å². The van der Waals surface area contributed by atoms with Crippen molar-refractivity contribution in [2.24, 2.45) is 0 Å². The number of carbonyl (C=O) groups excluding carboxylic acids is 2. The SMILES string of the molecule is CCN(CC(=O)N1CCCCCC1)C(=O)c1cnn2c1[nH]c(=O)c1ccccc12. The monoisotopic (exact) mass is 395 g/mol. The van der Waals surface area contributed by atoms with E-state index >= 15 is 0 Å². The molecule has 2 amide bonds. The topological polar surface area (TPSA) is 90.8 Å². The lowest BCUT2D eigenvalue weighted by Gasteiger charge is -2.25. The van der Waals surface area contributed by atoms with Crippen LogP contribution in [0, 0.1) is 0 Å². The Labute approximate surface area is 168 Å². The first-order chi connectivity index (χ1) is 14.1. The zero-order valence-electron chi connectivity index (χ0n) is 16.6. The van der Waals surface area contributed by atoms with Gasteiger partial charge >= 0.3 is 0 Å². The van der Waals surface area contributed by atoms with Crippen LogP contribution in [0.5, 0.6) is 0 Å². The van der Waals surface area contributed by atoms with E-state index in [1.807, 2.05) is 17.9 Å². The molecular formula is C21H25N5O3. The molecule has 0 bridgehead atoms. The standard InChI is InChI=1S/C21H25N5O3/c1-2-24(14-18(27)25-11-7-3-4-8-12-25)21(29)16-13-22-26-17-10-6-5-9-15(17)20(28)23-19(16)26/h5-6,9-10,13H,2-4,7-8,11-12,14H2,1H3,(H,23,28). The number of likely N-dealkylation sites (tertiary alicyclic amines) is 1. The molecule has 3 heterocycles. The van der Waals surface area contributed by atoms with Crippen molar-refractivity contribution in [2.45, 2.75) is 32.6 Å². The quantitative estimate of drug-likeness (QED) is 0.732. The van der Waals surface area contributed by atoms with E-state index in [4.69, 9.17) is 0 Å². The summed E-state index contributed by atoms with van der Waals surface area (Å²) in [6.07, 6.45) is 5.76. The highest BCUT2D eigenvalue weighted by molar-refractivity contribution is 6.02.